The number of nitrogens with one attached hydrogen (secondary N) is 1. The molecular formula is C24H28N8O3. The Morgan fingerprint density at radius 2 is 2.06 bits per heavy atom. The highest BCUT2D eigenvalue weighted by Gasteiger charge is 2.44. The van der Waals surface area contributed by atoms with Crippen molar-refractivity contribution in [2.45, 2.75) is 44.9 Å². The van der Waals surface area contributed by atoms with Crippen LogP contribution in [0, 0.1) is 22.7 Å². The predicted molar refractivity (Wildman–Crippen MR) is 126 cm³/mol. The van der Waals surface area contributed by atoms with Crippen LogP contribution in [0.25, 0.3) is 11.2 Å². The molecule has 3 aromatic heterocycles. The van der Waals surface area contributed by atoms with E-state index in [-0.39, 0.29) is 43.2 Å². The van der Waals surface area contributed by atoms with Crippen LogP contribution >= 0.6 is 0 Å². The van der Waals surface area contributed by atoms with Crippen LogP contribution in [0.3, 0.4) is 0 Å². The standard InChI is InChI=1S/C24H28N8O3/c1-15(12-33)10-18(34)20-29-22(31-23(30-20)35-14-24(13-25)4-5-24)32-8-2-16(3-9-32)17-11-28-21-19(17)26-6-7-27-21/h6-7,11,15-16,33H,2-5,8-10,12,14H2,1H3,(H,27,28)/t15-/m0/s1. The summed E-state index contributed by atoms with van der Waals surface area (Å²) in [6, 6.07) is 2.35. The molecule has 1 saturated heterocycles. The molecule has 4 heterocycles. The monoisotopic (exact) mass is 476 g/mol. The predicted octanol–water partition coefficient (Wildman–Crippen LogP) is 2.41. The number of hydrogen-bond donors (Lipinski definition) is 2. The second-order valence-corrected chi connectivity index (χ2v) is 9.60. The number of aliphatic hydroxyl groups excluding tert-OH is 1. The van der Waals surface area contributed by atoms with Gasteiger partial charge in [-0.05, 0) is 37.5 Å². The highest BCUT2D eigenvalue weighted by Crippen LogP contribution is 2.45. The third-order valence-corrected chi connectivity index (χ3v) is 6.82. The number of piperidine rings is 1. The van der Waals surface area contributed by atoms with Crippen LogP contribution in [-0.4, -0.2) is 67.1 Å². The fourth-order valence-corrected chi connectivity index (χ4v) is 4.36. The van der Waals surface area contributed by atoms with E-state index >= 15 is 0 Å². The van der Waals surface area contributed by atoms with Gasteiger partial charge in [0.1, 0.15) is 12.1 Å². The van der Waals surface area contributed by atoms with Gasteiger partial charge in [-0.3, -0.25) is 9.78 Å². The van der Waals surface area contributed by atoms with Gasteiger partial charge in [-0.25, -0.2) is 4.98 Å². The Labute approximate surface area is 202 Å². The molecule has 0 spiro atoms. The summed E-state index contributed by atoms with van der Waals surface area (Å²) in [6.07, 6.45) is 8.80. The van der Waals surface area contributed by atoms with E-state index in [4.69, 9.17) is 4.74 Å². The number of ether oxygens (including phenoxy) is 1. The summed E-state index contributed by atoms with van der Waals surface area (Å²) < 4.78 is 5.77. The first-order valence-electron chi connectivity index (χ1n) is 12.0. The fraction of sp³-hybridized carbons (Fsp3) is 0.542. The Kier molecular flexibility index (Phi) is 6.30. The zero-order valence-electron chi connectivity index (χ0n) is 19.6. The van der Waals surface area contributed by atoms with E-state index in [9.17, 15) is 15.2 Å². The van der Waals surface area contributed by atoms with Crippen LogP contribution in [0.4, 0.5) is 5.95 Å². The molecule has 0 amide bonds. The molecule has 2 N–H and O–H groups in total. The number of carbonyl (C=O) groups is 1. The van der Waals surface area contributed by atoms with Crippen molar-refractivity contribution in [2.75, 3.05) is 31.2 Å². The Morgan fingerprint density at radius 1 is 1.29 bits per heavy atom. The minimum Gasteiger partial charge on any atom is -0.462 e. The lowest BCUT2D eigenvalue weighted by molar-refractivity contribution is 0.0931. The molecule has 0 aromatic carbocycles. The third kappa shape index (κ3) is 4.93. The van der Waals surface area contributed by atoms with Crippen molar-refractivity contribution >= 4 is 22.9 Å². The van der Waals surface area contributed by atoms with Crippen LogP contribution in [0.1, 0.15) is 61.1 Å². The summed E-state index contributed by atoms with van der Waals surface area (Å²) in [7, 11) is 0. The van der Waals surface area contributed by atoms with E-state index in [1.807, 2.05) is 11.1 Å². The normalized spacial score (nSPS) is 18.3. The summed E-state index contributed by atoms with van der Waals surface area (Å²) in [4.78, 5) is 40.0. The van der Waals surface area contributed by atoms with E-state index in [2.05, 4.69) is 36.0 Å². The van der Waals surface area contributed by atoms with Gasteiger partial charge in [0.25, 0.3) is 0 Å². The van der Waals surface area contributed by atoms with E-state index in [1.165, 1.54) is 0 Å². The second kappa shape index (κ2) is 9.54. The van der Waals surface area contributed by atoms with Gasteiger partial charge in [-0.1, -0.05) is 6.92 Å². The van der Waals surface area contributed by atoms with E-state index < -0.39 is 5.41 Å². The number of anilines is 1. The first-order chi connectivity index (χ1) is 17.0. The topological polar surface area (TPSA) is 154 Å². The number of aromatic nitrogens is 6. The van der Waals surface area contributed by atoms with E-state index in [1.54, 1.807) is 19.3 Å². The van der Waals surface area contributed by atoms with Gasteiger partial charge in [0, 0.05) is 50.3 Å². The molecule has 2 aliphatic rings. The Balaban J connectivity index is 1.34. The average molecular weight is 477 g/mol. The molecule has 0 radical (unpaired) electrons. The molecule has 35 heavy (non-hydrogen) atoms. The van der Waals surface area contributed by atoms with Gasteiger partial charge in [0.05, 0.1) is 11.5 Å². The van der Waals surface area contributed by atoms with Crippen LogP contribution < -0.4 is 9.64 Å². The SMILES string of the molecule is C[C@H](CO)CC(=O)c1nc(OCC2(C#N)CC2)nc(N2CCC(c3c[nH]c4nccnc34)CC2)n1. The van der Waals surface area contributed by atoms with Crippen molar-refractivity contribution in [1.82, 2.24) is 29.9 Å². The lowest BCUT2D eigenvalue weighted by Gasteiger charge is -2.32. The average Bonchev–Trinajstić information content (AvgIpc) is 3.56. The summed E-state index contributed by atoms with van der Waals surface area (Å²) in [5.41, 5.74) is 2.37. The van der Waals surface area contributed by atoms with Crippen molar-refractivity contribution < 1.29 is 14.6 Å². The number of fused-ring (bicyclic) bond motifs is 1. The smallest absolute Gasteiger partial charge is 0.321 e. The van der Waals surface area contributed by atoms with Crippen LogP contribution in [-0.2, 0) is 0 Å². The molecule has 5 rings (SSSR count). The van der Waals surface area contributed by atoms with E-state index in [0.29, 0.717) is 25.0 Å². The zero-order chi connectivity index (χ0) is 24.4. The number of nitriles is 1. The van der Waals surface area contributed by atoms with Crippen molar-refractivity contribution in [3.8, 4) is 12.1 Å². The van der Waals surface area contributed by atoms with Crippen LogP contribution in [0.5, 0.6) is 6.01 Å². The molecule has 1 saturated carbocycles. The Morgan fingerprint density at radius 3 is 2.77 bits per heavy atom. The number of rotatable bonds is 9. The first kappa shape index (κ1) is 23.1. The third-order valence-electron chi connectivity index (χ3n) is 6.82. The largest absolute Gasteiger partial charge is 0.462 e. The maximum absolute atomic E-state index is 12.8. The molecule has 0 bridgehead atoms. The number of hydrogen-bond acceptors (Lipinski definition) is 10. The lowest BCUT2D eigenvalue weighted by Crippen LogP contribution is -2.35. The molecule has 11 heteroatoms. The molecular weight excluding hydrogens is 448 g/mol. The summed E-state index contributed by atoms with van der Waals surface area (Å²) >= 11 is 0. The fourth-order valence-electron chi connectivity index (χ4n) is 4.36. The second-order valence-electron chi connectivity index (χ2n) is 9.60. The first-order valence-corrected chi connectivity index (χ1v) is 12.0. The minimum absolute atomic E-state index is 0.0288. The molecule has 3 aromatic rings. The number of aromatic amines is 1. The molecule has 1 aliphatic heterocycles. The van der Waals surface area contributed by atoms with Gasteiger partial charge in [0.15, 0.2) is 5.65 Å². The van der Waals surface area contributed by atoms with Crippen LogP contribution in [0.15, 0.2) is 18.6 Å². The van der Waals surface area contributed by atoms with Gasteiger partial charge in [-0.15, -0.1) is 0 Å². The molecule has 2 fully saturated rings. The quantitative estimate of drug-likeness (QED) is 0.440. The Bertz CT molecular complexity index is 1260. The number of nitrogens with zero attached hydrogens (tertiary/aromatic N) is 7. The van der Waals surface area contributed by atoms with Gasteiger partial charge >= 0.3 is 6.01 Å². The molecule has 182 valence electrons. The number of ketones is 1. The van der Waals surface area contributed by atoms with Crippen molar-refractivity contribution in [3.63, 3.8) is 0 Å². The van der Waals surface area contributed by atoms with Gasteiger partial charge in [0.2, 0.25) is 17.6 Å². The van der Waals surface area contributed by atoms with Gasteiger partial charge < -0.3 is 19.7 Å². The van der Waals surface area contributed by atoms with Crippen molar-refractivity contribution in [2.24, 2.45) is 11.3 Å². The van der Waals surface area contributed by atoms with Crippen molar-refractivity contribution in [1.29, 1.82) is 5.26 Å². The number of Topliss-reactive ketones (excluding diaryl/α,β-unsaturated/α-hetero) is 1. The highest BCUT2D eigenvalue weighted by atomic mass is 16.5. The van der Waals surface area contributed by atoms with Gasteiger partial charge in [-0.2, -0.15) is 20.2 Å². The molecule has 0 unspecified atom stereocenters. The summed E-state index contributed by atoms with van der Waals surface area (Å²) in [5, 5.41) is 18.7. The minimum atomic E-state index is -0.483. The maximum Gasteiger partial charge on any atom is 0.321 e. The van der Waals surface area contributed by atoms with E-state index in [0.717, 1.165) is 42.4 Å². The lowest BCUT2D eigenvalue weighted by atomic mass is 9.91. The summed E-state index contributed by atoms with van der Waals surface area (Å²) in [6.45, 7) is 3.29. The molecule has 1 atom stereocenters. The highest BCUT2D eigenvalue weighted by molar-refractivity contribution is 5.92. The number of aliphatic hydroxyl groups is 1. The molecule has 1 aliphatic carbocycles. The molecule has 11 nitrogen and oxygen atoms in total. The van der Waals surface area contributed by atoms with Crippen molar-refractivity contribution in [3.05, 3.63) is 30.0 Å². The number of carbonyl (C=O) groups excluding carboxylic acids is 1. The number of H-pyrrole nitrogens is 1. The van der Waals surface area contributed by atoms with Crippen LogP contribution in [0.2, 0.25) is 0 Å². The zero-order valence-corrected chi connectivity index (χ0v) is 19.6. The summed E-state index contributed by atoms with van der Waals surface area (Å²) in [5.74, 6) is 0.283. The maximum atomic E-state index is 12.8. The Hall–Kier alpha value is -3.65.